The average Bonchev–Trinajstić information content (AvgIpc) is 3.72. The maximum Gasteiger partial charge on any atom is 0.0247 e. The van der Waals surface area contributed by atoms with Crippen LogP contribution in [0.1, 0.15) is 16.7 Å². The van der Waals surface area contributed by atoms with E-state index < -0.39 is 0 Å². The van der Waals surface area contributed by atoms with Crippen molar-refractivity contribution < 1.29 is 67.1 Å². The van der Waals surface area contributed by atoms with Gasteiger partial charge >= 0.3 is 0 Å². The Balaban J connectivity index is 0.000000282. The molecular formula is C30H27Au3N6-3. The monoisotopic (exact) mass is 1060 g/mol. The summed E-state index contributed by atoms with van der Waals surface area (Å²) in [6.07, 6.45) is 19.5. The van der Waals surface area contributed by atoms with Crippen LogP contribution in [-0.2, 0) is 86.8 Å². The van der Waals surface area contributed by atoms with Crippen molar-refractivity contribution in [3.05, 3.63) is 164 Å². The van der Waals surface area contributed by atoms with Crippen LogP contribution in [0.25, 0.3) is 0 Å². The van der Waals surface area contributed by atoms with Crippen molar-refractivity contribution in [1.29, 1.82) is 0 Å². The minimum absolute atomic E-state index is 0. The van der Waals surface area contributed by atoms with E-state index in [9.17, 15) is 0 Å². The van der Waals surface area contributed by atoms with Crippen molar-refractivity contribution >= 4 is 0 Å². The van der Waals surface area contributed by atoms with Gasteiger partial charge in [0.1, 0.15) is 0 Å². The summed E-state index contributed by atoms with van der Waals surface area (Å²) >= 11 is 0. The van der Waals surface area contributed by atoms with E-state index in [1.165, 1.54) is 16.7 Å². The Morgan fingerprint density at radius 1 is 0.410 bits per heavy atom. The van der Waals surface area contributed by atoms with Crippen molar-refractivity contribution in [3.8, 4) is 0 Å². The quantitative estimate of drug-likeness (QED) is 0.171. The molecule has 0 amide bonds. The smallest absolute Gasteiger partial charge is 0.0247 e. The molecule has 6 aromatic rings. The average molecular weight is 1060 g/mol. The Hall–Kier alpha value is -2.49. The van der Waals surface area contributed by atoms with Gasteiger partial charge in [0.2, 0.25) is 0 Å². The summed E-state index contributed by atoms with van der Waals surface area (Å²) in [5.41, 5.74) is 3.81. The second-order valence-electron chi connectivity index (χ2n) is 7.92. The maximum atomic E-state index is 3.86. The SMILES string of the molecule is [Au].[Au].[Au].[c-]1nccn1Cc1ccccc1.[c-]1nccn1Cc1ccccc1.[c-]1nccn1Cc1ccccc1. The van der Waals surface area contributed by atoms with Gasteiger partial charge in [-0.3, -0.25) is 0 Å². The van der Waals surface area contributed by atoms with E-state index in [4.69, 9.17) is 0 Å². The van der Waals surface area contributed by atoms with Crippen LogP contribution >= 0.6 is 0 Å². The summed E-state index contributed by atoms with van der Waals surface area (Å²) in [7, 11) is 0. The van der Waals surface area contributed by atoms with E-state index in [0.29, 0.717) is 0 Å². The van der Waals surface area contributed by atoms with Gasteiger partial charge in [0, 0.05) is 106 Å². The zero-order valence-electron chi connectivity index (χ0n) is 20.8. The summed E-state index contributed by atoms with van der Waals surface area (Å²) in [4.78, 5) is 11.6. The topological polar surface area (TPSA) is 53.5 Å². The molecular weight excluding hydrogens is 1040 g/mol. The van der Waals surface area contributed by atoms with Gasteiger partial charge in [-0.15, -0.1) is 37.2 Å². The first-order chi connectivity index (χ1) is 17.8. The van der Waals surface area contributed by atoms with E-state index in [1.54, 1.807) is 18.6 Å². The van der Waals surface area contributed by atoms with E-state index >= 15 is 0 Å². The Kier molecular flexibility index (Phi) is 18.1. The summed E-state index contributed by atoms with van der Waals surface area (Å²) in [6.45, 7) is 2.54. The molecule has 6 nitrogen and oxygen atoms in total. The number of hydrogen-bond donors (Lipinski definition) is 0. The van der Waals surface area contributed by atoms with Crippen molar-refractivity contribution in [1.82, 2.24) is 28.7 Å². The third kappa shape index (κ3) is 13.4. The predicted octanol–water partition coefficient (Wildman–Crippen LogP) is 5.19. The zero-order valence-corrected chi connectivity index (χ0v) is 27.3. The summed E-state index contributed by atoms with van der Waals surface area (Å²) < 4.78 is 5.78. The minimum atomic E-state index is 0. The zero-order chi connectivity index (χ0) is 24.7. The first kappa shape index (κ1) is 34.5. The summed E-state index contributed by atoms with van der Waals surface area (Å²) in [5.74, 6) is 0. The Labute approximate surface area is 277 Å². The number of imidazole rings is 3. The number of nitrogens with zero attached hydrogens (tertiary/aromatic N) is 6. The summed E-state index contributed by atoms with van der Waals surface area (Å²) in [6, 6.07) is 30.8. The van der Waals surface area contributed by atoms with Crippen molar-refractivity contribution in [3.63, 3.8) is 0 Å². The third-order valence-electron chi connectivity index (χ3n) is 5.11. The number of aromatic nitrogens is 6. The molecule has 0 spiro atoms. The molecule has 9 heteroatoms. The van der Waals surface area contributed by atoms with Crippen LogP contribution in [0.3, 0.4) is 0 Å². The van der Waals surface area contributed by atoms with E-state index in [-0.39, 0.29) is 67.1 Å². The van der Waals surface area contributed by atoms with Crippen LogP contribution in [0.15, 0.2) is 128 Å². The molecule has 0 saturated carbocycles. The molecule has 0 fully saturated rings. The normalized spacial score (nSPS) is 9.23. The minimum Gasteiger partial charge on any atom is -0.450 e. The van der Waals surface area contributed by atoms with Gasteiger partial charge in [0.15, 0.2) is 0 Å². The van der Waals surface area contributed by atoms with Crippen molar-refractivity contribution in [2.45, 2.75) is 19.6 Å². The van der Waals surface area contributed by atoms with Crippen molar-refractivity contribution in [2.75, 3.05) is 0 Å². The van der Waals surface area contributed by atoms with Gasteiger partial charge in [-0.05, 0) is 16.7 Å². The molecule has 0 saturated heterocycles. The fourth-order valence-corrected chi connectivity index (χ4v) is 3.37. The molecule has 0 unspecified atom stereocenters. The molecule has 0 aliphatic rings. The van der Waals surface area contributed by atoms with Crippen LogP contribution in [-0.4, -0.2) is 28.7 Å². The molecule has 0 N–H and O–H groups in total. The summed E-state index contributed by atoms with van der Waals surface area (Å²) in [5, 5.41) is 0. The molecule has 3 aromatic heterocycles. The first-order valence-electron chi connectivity index (χ1n) is 11.6. The fraction of sp³-hybridized carbons (Fsp3) is 0.100. The maximum absolute atomic E-state index is 3.86. The van der Waals surface area contributed by atoms with Gasteiger partial charge in [-0.25, -0.2) is 0 Å². The van der Waals surface area contributed by atoms with Crippen LogP contribution in [0.5, 0.6) is 0 Å². The first-order valence-corrected chi connectivity index (χ1v) is 11.6. The molecule has 3 aromatic carbocycles. The standard InChI is InChI=1S/3C10H9N2.3Au/c3*1-2-4-10(5-3-1)8-12-7-6-11-9-12;;;/h3*1-7H,8H2;;;/q3*-1;;;. The van der Waals surface area contributed by atoms with Crippen molar-refractivity contribution in [2.24, 2.45) is 0 Å². The van der Waals surface area contributed by atoms with Gasteiger partial charge in [-0.1, -0.05) is 91.0 Å². The predicted molar refractivity (Wildman–Crippen MR) is 140 cm³/mol. The van der Waals surface area contributed by atoms with E-state index in [2.05, 4.69) is 70.3 Å². The number of benzene rings is 3. The molecule has 0 bridgehead atoms. The second-order valence-corrected chi connectivity index (χ2v) is 7.92. The number of rotatable bonds is 6. The molecule has 3 radical (unpaired) electrons. The molecule has 213 valence electrons. The van der Waals surface area contributed by atoms with Gasteiger partial charge in [0.25, 0.3) is 0 Å². The van der Waals surface area contributed by atoms with Gasteiger partial charge in [-0.2, -0.15) is 0 Å². The molecule has 0 atom stereocenters. The van der Waals surface area contributed by atoms with Crippen LogP contribution in [0, 0.1) is 19.0 Å². The van der Waals surface area contributed by atoms with Crippen LogP contribution < -0.4 is 0 Å². The van der Waals surface area contributed by atoms with Crippen LogP contribution in [0.4, 0.5) is 0 Å². The Morgan fingerprint density at radius 2 is 0.667 bits per heavy atom. The molecule has 0 aliphatic heterocycles. The van der Waals surface area contributed by atoms with E-state index in [0.717, 1.165) is 19.6 Å². The van der Waals surface area contributed by atoms with E-state index in [1.807, 2.05) is 86.9 Å². The van der Waals surface area contributed by atoms with Gasteiger partial charge in [0.05, 0.1) is 0 Å². The third-order valence-corrected chi connectivity index (χ3v) is 5.11. The Morgan fingerprint density at radius 3 is 0.872 bits per heavy atom. The molecule has 3 heterocycles. The largest absolute Gasteiger partial charge is 0.450 e. The molecule has 39 heavy (non-hydrogen) atoms. The molecule has 0 aliphatic carbocycles. The van der Waals surface area contributed by atoms with Gasteiger partial charge < -0.3 is 28.7 Å². The van der Waals surface area contributed by atoms with Crippen LogP contribution in [0.2, 0.25) is 0 Å². The Bertz CT molecular complexity index is 1160. The number of hydrogen-bond acceptors (Lipinski definition) is 3. The fourth-order valence-electron chi connectivity index (χ4n) is 3.37. The second kappa shape index (κ2) is 20.4. The molecule has 6 rings (SSSR count).